The van der Waals surface area contributed by atoms with E-state index in [1.165, 1.54) is 12.1 Å². The first-order valence-corrected chi connectivity index (χ1v) is 12.7. The molecular weight excluding hydrogens is 499 g/mol. The summed E-state index contributed by atoms with van der Waals surface area (Å²) in [5, 5.41) is 15.7. The van der Waals surface area contributed by atoms with Crippen LogP contribution in [0.1, 0.15) is 18.5 Å². The highest BCUT2D eigenvalue weighted by Gasteiger charge is 2.18. The van der Waals surface area contributed by atoms with Gasteiger partial charge in [-0.1, -0.05) is 60.5 Å². The number of rotatable bonds is 8. The second kappa shape index (κ2) is 11.1. The molecular formula is C24H24Cl2N2O5S. The second-order valence-electron chi connectivity index (χ2n) is 7.32. The lowest BCUT2D eigenvalue weighted by molar-refractivity contribution is 0.225. The number of hydrogen-bond acceptors (Lipinski definition) is 5. The van der Waals surface area contributed by atoms with E-state index in [2.05, 4.69) is 10.6 Å². The highest BCUT2D eigenvalue weighted by Crippen LogP contribution is 2.41. The zero-order valence-corrected chi connectivity index (χ0v) is 20.8. The van der Waals surface area contributed by atoms with E-state index in [1.54, 1.807) is 44.4 Å². The number of carbonyl (C=O) groups is 1. The van der Waals surface area contributed by atoms with Gasteiger partial charge in [0.1, 0.15) is 5.75 Å². The predicted octanol–water partition coefficient (Wildman–Crippen LogP) is 5.32. The molecule has 1 unspecified atom stereocenters. The molecule has 0 aliphatic heterocycles. The minimum absolute atomic E-state index is 0.0165. The number of para-hydroxylation sites is 1. The van der Waals surface area contributed by atoms with Crippen LogP contribution in [0.25, 0.3) is 11.1 Å². The highest BCUT2D eigenvalue weighted by atomic mass is 35.5. The van der Waals surface area contributed by atoms with Crippen molar-refractivity contribution < 1.29 is 23.1 Å². The number of amides is 2. The van der Waals surface area contributed by atoms with Gasteiger partial charge in [-0.15, -0.1) is 0 Å². The molecule has 0 spiro atoms. The van der Waals surface area contributed by atoms with E-state index in [-0.39, 0.29) is 17.3 Å². The van der Waals surface area contributed by atoms with Crippen molar-refractivity contribution >= 4 is 44.8 Å². The molecule has 1 atom stereocenters. The summed E-state index contributed by atoms with van der Waals surface area (Å²) >= 11 is 12.9. The van der Waals surface area contributed by atoms with Crippen LogP contribution < -0.4 is 15.4 Å². The molecule has 0 saturated heterocycles. The number of anilines is 1. The number of hydrogen-bond donors (Lipinski definition) is 3. The lowest BCUT2D eigenvalue weighted by atomic mass is 10.0. The Hall–Kier alpha value is -2.78. The van der Waals surface area contributed by atoms with Crippen LogP contribution >= 0.6 is 23.2 Å². The third kappa shape index (κ3) is 5.82. The fraction of sp³-hybridized carbons (Fsp3) is 0.208. The average Bonchev–Trinajstić information content (AvgIpc) is 2.82. The molecule has 0 aromatic heterocycles. The number of carbonyl (C=O) groups excluding carboxylic acids is 1. The van der Waals surface area contributed by atoms with E-state index in [9.17, 15) is 18.3 Å². The smallest absolute Gasteiger partial charge is 0.319 e. The monoisotopic (exact) mass is 522 g/mol. The molecule has 3 rings (SSSR count). The Bertz CT molecular complexity index is 1260. The van der Waals surface area contributed by atoms with Crippen molar-refractivity contribution in [3.05, 3.63) is 76.3 Å². The van der Waals surface area contributed by atoms with Crippen molar-refractivity contribution in [2.45, 2.75) is 17.9 Å². The summed E-state index contributed by atoms with van der Waals surface area (Å²) in [5.74, 6) is 0.588. The number of aliphatic hydroxyl groups excluding tert-OH is 1. The Morgan fingerprint density at radius 3 is 2.24 bits per heavy atom. The molecule has 0 heterocycles. The quantitative estimate of drug-likeness (QED) is 0.371. The standard InChI is InChI=1S/C24H24Cl2N2O5S/c1-3-34(31,32)17-10-8-15(9-11-17)21(14-29)28-24(30)27-16-12-19(25)23(20(26)13-16)18-6-4-5-7-22(18)33-2/h4-13,21,29H,3,14H2,1-2H3,(H2,27,28,30). The van der Waals surface area contributed by atoms with Crippen molar-refractivity contribution in [3.63, 3.8) is 0 Å². The molecule has 34 heavy (non-hydrogen) atoms. The number of aliphatic hydroxyl groups is 1. The number of sulfone groups is 1. The van der Waals surface area contributed by atoms with Gasteiger partial charge in [-0.3, -0.25) is 0 Å². The summed E-state index contributed by atoms with van der Waals surface area (Å²) in [7, 11) is -1.79. The van der Waals surface area contributed by atoms with Crippen LogP contribution in [0.15, 0.2) is 65.6 Å². The maximum atomic E-state index is 12.6. The molecule has 0 bridgehead atoms. The zero-order valence-electron chi connectivity index (χ0n) is 18.5. The first-order chi connectivity index (χ1) is 16.2. The normalized spacial score (nSPS) is 12.1. The average molecular weight is 523 g/mol. The Labute approximate surface area is 208 Å². The molecule has 10 heteroatoms. The molecule has 0 saturated carbocycles. The summed E-state index contributed by atoms with van der Waals surface area (Å²) in [6, 6.07) is 15.1. The topological polar surface area (TPSA) is 105 Å². The molecule has 0 radical (unpaired) electrons. The van der Waals surface area contributed by atoms with Crippen molar-refractivity contribution in [1.29, 1.82) is 0 Å². The van der Waals surface area contributed by atoms with Crippen molar-refractivity contribution in [2.24, 2.45) is 0 Å². The molecule has 0 aliphatic carbocycles. The van der Waals surface area contributed by atoms with Gasteiger partial charge in [0, 0.05) is 16.8 Å². The summed E-state index contributed by atoms with van der Waals surface area (Å²) in [4.78, 5) is 12.8. The zero-order chi connectivity index (χ0) is 24.9. The predicted molar refractivity (Wildman–Crippen MR) is 135 cm³/mol. The van der Waals surface area contributed by atoms with Gasteiger partial charge in [-0.05, 0) is 35.9 Å². The molecule has 0 aliphatic rings. The molecule has 2 amide bonds. The number of halogens is 2. The first-order valence-electron chi connectivity index (χ1n) is 10.3. The lowest BCUT2D eigenvalue weighted by Gasteiger charge is -2.18. The molecule has 3 N–H and O–H groups in total. The van der Waals surface area contributed by atoms with Crippen LogP contribution in [-0.2, 0) is 9.84 Å². The number of ether oxygens (including phenoxy) is 1. The van der Waals surface area contributed by atoms with E-state index in [0.717, 1.165) is 0 Å². The Kier molecular flexibility index (Phi) is 8.43. The van der Waals surface area contributed by atoms with Crippen LogP contribution in [0, 0.1) is 0 Å². The molecule has 0 fully saturated rings. The molecule has 3 aromatic rings. The van der Waals surface area contributed by atoms with Crippen molar-refractivity contribution in [2.75, 3.05) is 24.8 Å². The van der Waals surface area contributed by atoms with Crippen molar-refractivity contribution in [3.8, 4) is 16.9 Å². The summed E-state index contributed by atoms with van der Waals surface area (Å²) < 4.78 is 29.3. The third-order valence-electron chi connectivity index (χ3n) is 5.19. The van der Waals surface area contributed by atoms with Gasteiger partial charge < -0.3 is 20.5 Å². The van der Waals surface area contributed by atoms with E-state index >= 15 is 0 Å². The van der Waals surface area contributed by atoms with Crippen LogP contribution in [0.3, 0.4) is 0 Å². The molecule has 3 aromatic carbocycles. The minimum Gasteiger partial charge on any atom is -0.496 e. The van der Waals surface area contributed by atoms with Gasteiger partial charge in [0.25, 0.3) is 0 Å². The van der Waals surface area contributed by atoms with E-state index in [1.807, 2.05) is 18.2 Å². The summed E-state index contributed by atoms with van der Waals surface area (Å²) in [6.45, 7) is 1.18. The highest BCUT2D eigenvalue weighted by molar-refractivity contribution is 7.91. The van der Waals surface area contributed by atoms with Gasteiger partial charge in [-0.2, -0.15) is 0 Å². The maximum absolute atomic E-state index is 12.6. The molecule has 7 nitrogen and oxygen atoms in total. The Morgan fingerprint density at radius 1 is 1.06 bits per heavy atom. The second-order valence-corrected chi connectivity index (χ2v) is 10.4. The maximum Gasteiger partial charge on any atom is 0.319 e. The van der Waals surface area contributed by atoms with Gasteiger partial charge in [0.15, 0.2) is 9.84 Å². The van der Waals surface area contributed by atoms with Gasteiger partial charge >= 0.3 is 6.03 Å². The van der Waals surface area contributed by atoms with Gasteiger partial charge in [-0.25, -0.2) is 13.2 Å². The number of benzene rings is 3. The fourth-order valence-corrected chi connectivity index (χ4v) is 4.96. The molecule has 180 valence electrons. The Balaban J connectivity index is 1.76. The Morgan fingerprint density at radius 2 is 1.68 bits per heavy atom. The van der Waals surface area contributed by atoms with Crippen LogP contribution in [0.2, 0.25) is 10.0 Å². The van der Waals surface area contributed by atoms with Gasteiger partial charge in [0.2, 0.25) is 0 Å². The first kappa shape index (κ1) is 25.8. The van der Waals surface area contributed by atoms with Crippen LogP contribution in [0.5, 0.6) is 5.75 Å². The fourth-order valence-electron chi connectivity index (χ4n) is 3.39. The number of nitrogens with one attached hydrogen (secondary N) is 2. The van der Waals surface area contributed by atoms with Crippen molar-refractivity contribution in [1.82, 2.24) is 5.32 Å². The lowest BCUT2D eigenvalue weighted by Crippen LogP contribution is -2.34. The SMILES string of the molecule is CCS(=O)(=O)c1ccc(C(CO)NC(=O)Nc2cc(Cl)c(-c3ccccc3OC)c(Cl)c2)cc1. The van der Waals surface area contributed by atoms with Crippen LogP contribution in [0.4, 0.5) is 10.5 Å². The summed E-state index contributed by atoms with van der Waals surface area (Å²) in [5.41, 5.74) is 2.19. The van der Waals surface area contributed by atoms with Crippen LogP contribution in [-0.4, -0.2) is 39.0 Å². The third-order valence-corrected chi connectivity index (χ3v) is 7.53. The largest absolute Gasteiger partial charge is 0.496 e. The number of methoxy groups -OCH3 is 1. The van der Waals surface area contributed by atoms with Gasteiger partial charge in [0.05, 0.1) is 40.5 Å². The summed E-state index contributed by atoms with van der Waals surface area (Å²) in [6.07, 6.45) is 0. The number of urea groups is 1. The van der Waals surface area contributed by atoms with E-state index in [4.69, 9.17) is 27.9 Å². The minimum atomic E-state index is -3.34. The van der Waals surface area contributed by atoms with E-state index < -0.39 is 21.9 Å². The van der Waals surface area contributed by atoms with E-state index in [0.29, 0.717) is 38.2 Å².